The van der Waals surface area contributed by atoms with Crippen LogP contribution in [0.3, 0.4) is 0 Å². The van der Waals surface area contributed by atoms with E-state index >= 15 is 0 Å². The van der Waals surface area contributed by atoms with Crippen LogP contribution < -0.4 is 10.6 Å². The standard InChI is InChI=1S/C20H25FN4O2/c1-5-19(26)23-15-6-7-17(21)18(12-15)24-20(27)25(4)14(3)11-16-10-13(2)8-9-22-16/h6-10,12,14H,5,11H2,1-4H3,(H,23,26)(H,24,27)/t14-/m1/s1. The molecule has 1 heterocycles. The molecule has 2 aromatic rings. The Balaban J connectivity index is 2.04. The third kappa shape index (κ3) is 5.77. The highest BCUT2D eigenvalue weighted by Gasteiger charge is 2.18. The van der Waals surface area contributed by atoms with E-state index in [1.54, 1.807) is 20.2 Å². The van der Waals surface area contributed by atoms with Crippen molar-refractivity contribution in [3.05, 3.63) is 53.6 Å². The molecule has 0 radical (unpaired) electrons. The molecule has 0 bridgehead atoms. The summed E-state index contributed by atoms with van der Waals surface area (Å²) in [5.74, 6) is -0.755. The van der Waals surface area contributed by atoms with Crippen LogP contribution in [-0.2, 0) is 11.2 Å². The second-order valence-corrected chi connectivity index (χ2v) is 6.52. The number of nitrogens with one attached hydrogen (secondary N) is 2. The number of carbonyl (C=O) groups is 2. The first-order chi connectivity index (χ1) is 12.8. The molecule has 144 valence electrons. The second-order valence-electron chi connectivity index (χ2n) is 6.52. The Labute approximate surface area is 158 Å². The van der Waals surface area contributed by atoms with Crippen LogP contribution in [0, 0.1) is 12.7 Å². The molecule has 0 saturated carbocycles. The van der Waals surface area contributed by atoms with Crippen molar-refractivity contribution in [1.29, 1.82) is 0 Å². The maximum absolute atomic E-state index is 14.0. The number of hydrogen-bond donors (Lipinski definition) is 2. The molecule has 27 heavy (non-hydrogen) atoms. The van der Waals surface area contributed by atoms with Gasteiger partial charge in [0.2, 0.25) is 5.91 Å². The molecule has 1 atom stereocenters. The smallest absolute Gasteiger partial charge is 0.321 e. The number of rotatable bonds is 6. The van der Waals surface area contributed by atoms with Crippen molar-refractivity contribution in [3.8, 4) is 0 Å². The summed E-state index contributed by atoms with van der Waals surface area (Å²) in [6.07, 6.45) is 2.63. The van der Waals surface area contributed by atoms with E-state index in [1.807, 2.05) is 26.0 Å². The van der Waals surface area contributed by atoms with Gasteiger partial charge in [0.15, 0.2) is 0 Å². The van der Waals surface area contributed by atoms with Gasteiger partial charge in [-0.25, -0.2) is 9.18 Å². The lowest BCUT2D eigenvalue weighted by Gasteiger charge is -2.25. The van der Waals surface area contributed by atoms with E-state index in [-0.39, 0.29) is 17.6 Å². The van der Waals surface area contributed by atoms with E-state index in [0.717, 1.165) is 11.3 Å². The number of halogens is 1. The minimum absolute atomic E-state index is 0.0154. The maximum atomic E-state index is 14.0. The van der Waals surface area contributed by atoms with Crippen LogP contribution in [0.5, 0.6) is 0 Å². The largest absolute Gasteiger partial charge is 0.326 e. The van der Waals surface area contributed by atoms with Gasteiger partial charge in [-0.15, -0.1) is 0 Å². The molecule has 0 aliphatic carbocycles. The lowest BCUT2D eigenvalue weighted by molar-refractivity contribution is -0.115. The SMILES string of the molecule is CCC(=O)Nc1ccc(F)c(NC(=O)N(C)[C@H](C)Cc2cc(C)ccn2)c1. The lowest BCUT2D eigenvalue weighted by Crippen LogP contribution is -2.39. The fraction of sp³-hybridized carbons (Fsp3) is 0.350. The molecule has 0 spiro atoms. The van der Waals surface area contributed by atoms with Gasteiger partial charge in [-0.2, -0.15) is 0 Å². The van der Waals surface area contributed by atoms with E-state index < -0.39 is 11.8 Å². The van der Waals surface area contributed by atoms with E-state index in [0.29, 0.717) is 18.5 Å². The first-order valence-electron chi connectivity index (χ1n) is 8.85. The van der Waals surface area contributed by atoms with E-state index in [4.69, 9.17) is 0 Å². The molecule has 0 unspecified atom stereocenters. The highest BCUT2D eigenvalue weighted by molar-refractivity contribution is 5.93. The van der Waals surface area contributed by atoms with Gasteiger partial charge in [-0.05, 0) is 49.7 Å². The zero-order valence-corrected chi connectivity index (χ0v) is 16.0. The van der Waals surface area contributed by atoms with Crippen molar-refractivity contribution in [2.24, 2.45) is 0 Å². The van der Waals surface area contributed by atoms with E-state index in [9.17, 15) is 14.0 Å². The Kier molecular flexibility index (Phi) is 6.87. The average molecular weight is 372 g/mol. The zero-order valence-electron chi connectivity index (χ0n) is 16.0. The normalized spacial score (nSPS) is 11.6. The quantitative estimate of drug-likeness (QED) is 0.806. The highest BCUT2D eigenvalue weighted by Crippen LogP contribution is 2.20. The molecule has 6 nitrogen and oxygen atoms in total. The van der Waals surface area contributed by atoms with Crippen LogP contribution in [0.1, 0.15) is 31.5 Å². The third-order valence-corrected chi connectivity index (χ3v) is 4.27. The fourth-order valence-electron chi connectivity index (χ4n) is 2.50. The summed E-state index contributed by atoms with van der Waals surface area (Å²) in [4.78, 5) is 29.8. The van der Waals surface area contributed by atoms with Crippen LogP contribution in [0.4, 0.5) is 20.6 Å². The Morgan fingerprint density at radius 1 is 1.22 bits per heavy atom. The first-order valence-corrected chi connectivity index (χ1v) is 8.85. The van der Waals surface area contributed by atoms with Crippen molar-refractivity contribution in [1.82, 2.24) is 9.88 Å². The summed E-state index contributed by atoms with van der Waals surface area (Å²) in [6.45, 7) is 5.61. The van der Waals surface area contributed by atoms with Crippen molar-refractivity contribution in [2.75, 3.05) is 17.7 Å². The molecule has 0 aliphatic heterocycles. The summed E-state index contributed by atoms with van der Waals surface area (Å²) in [5, 5.41) is 5.20. The number of hydrogen-bond acceptors (Lipinski definition) is 3. The van der Waals surface area contributed by atoms with Crippen molar-refractivity contribution < 1.29 is 14.0 Å². The number of benzene rings is 1. The molecule has 2 rings (SSSR count). The van der Waals surface area contributed by atoms with Crippen LogP contribution >= 0.6 is 0 Å². The number of amides is 3. The molecule has 0 saturated heterocycles. The predicted octanol–water partition coefficient (Wildman–Crippen LogP) is 3.97. The van der Waals surface area contributed by atoms with E-state index in [2.05, 4.69) is 15.6 Å². The van der Waals surface area contributed by atoms with Gasteiger partial charge in [-0.3, -0.25) is 9.78 Å². The molecular formula is C20H25FN4O2. The van der Waals surface area contributed by atoms with Crippen molar-refractivity contribution in [3.63, 3.8) is 0 Å². The van der Waals surface area contributed by atoms with Gasteiger partial charge in [0.25, 0.3) is 0 Å². The third-order valence-electron chi connectivity index (χ3n) is 4.27. The summed E-state index contributed by atoms with van der Waals surface area (Å²) in [7, 11) is 1.65. The average Bonchev–Trinajstić information content (AvgIpc) is 2.63. The van der Waals surface area contributed by atoms with Crippen LogP contribution in [-0.4, -0.2) is 34.9 Å². The summed E-state index contributed by atoms with van der Waals surface area (Å²) in [6, 6.07) is 7.38. The van der Waals surface area contributed by atoms with Gasteiger partial charge < -0.3 is 15.5 Å². The van der Waals surface area contributed by atoms with Crippen molar-refractivity contribution >= 4 is 23.3 Å². The Bertz CT molecular complexity index is 825. The number of nitrogens with zero attached hydrogens (tertiary/aromatic N) is 2. The summed E-state index contributed by atoms with van der Waals surface area (Å²) in [5.41, 5.74) is 2.43. The zero-order chi connectivity index (χ0) is 20.0. The Morgan fingerprint density at radius 3 is 2.63 bits per heavy atom. The topological polar surface area (TPSA) is 74.3 Å². The van der Waals surface area contributed by atoms with Crippen LogP contribution in [0.15, 0.2) is 36.5 Å². The monoisotopic (exact) mass is 372 g/mol. The number of urea groups is 1. The number of carbonyl (C=O) groups excluding carboxylic acids is 2. The fourth-order valence-corrected chi connectivity index (χ4v) is 2.50. The van der Waals surface area contributed by atoms with Crippen molar-refractivity contribution in [2.45, 2.75) is 39.7 Å². The molecule has 1 aromatic heterocycles. The number of anilines is 2. The number of likely N-dealkylation sites (N-methyl/N-ethyl adjacent to an activating group) is 1. The number of pyridine rings is 1. The second kappa shape index (κ2) is 9.12. The lowest BCUT2D eigenvalue weighted by atomic mass is 10.1. The molecule has 3 amide bonds. The van der Waals surface area contributed by atoms with E-state index in [1.165, 1.54) is 23.1 Å². The van der Waals surface area contributed by atoms with Crippen LogP contribution in [0.2, 0.25) is 0 Å². The molecular weight excluding hydrogens is 347 g/mol. The number of aromatic nitrogens is 1. The minimum Gasteiger partial charge on any atom is -0.326 e. The Hall–Kier alpha value is -2.96. The highest BCUT2D eigenvalue weighted by atomic mass is 19.1. The molecule has 0 fully saturated rings. The maximum Gasteiger partial charge on any atom is 0.321 e. The van der Waals surface area contributed by atoms with Gasteiger partial charge in [-0.1, -0.05) is 6.92 Å². The van der Waals surface area contributed by atoms with Gasteiger partial charge in [0.05, 0.1) is 5.69 Å². The van der Waals surface area contributed by atoms with Gasteiger partial charge in [0.1, 0.15) is 5.82 Å². The first kappa shape index (κ1) is 20.4. The van der Waals surface area contributed by atoms with Gasteiger partial charge >= 0.3 is 6.03 Å². The van der Waals surface area contributed by atoms with Gasteiger partial charge in [0, 0.05) is 43.5 Å². The molecule has 7 heteroatoms. The molecule has 0 aliphatic rings. The predicted molar refractivity (Wildman–Crippen MR) is 104 cm³/mol. The number of aryl methyl sites for hydroxylation is 1. The van der Waals surface area contributed by atoms with Crippen LogP contribution in [0.25, 0.3) is 0 Å². The minimum atomic E-state index is -0.570. The summed E-state index contributed by atoms with van der Waals surface area (Å²) >= 11 is 0. The Morgan fingerprint density at radius 2 is 1.96 bits per heavy atom. The molecule has 1 aromatic carbocycles. The molecule has 2 N–H and O–H groups in total. The summed E-state index contributed by atoms with van der Waals surface area (Å²) < 4.78 is 14.0.